The topological polar surface area (TPSA) is 75.6 Å². The van der Waals surface area contributed by atoms with Gasteiger partial charge in [0.25, 0.3) is 0 Å². The fourth-order valence-corrected chi connectivity index (χ4v) is 3.44. The zero-order valence-electron chi connectivity index (χ0n) is 10.0. The van der Waals surface area contributed by atoms with Crippen molar-refractivity contribution in [2.75, 3.05) is 20.3 Å². The molecule has 0 aliphatic rings. The highest BCUT2D eigenvalue weighted by Crippen LogP contribution is 2.23. The molecule has 0 unspecified atom stereocenters. The molecule has 0 bridgehead atoms. The summed E-state index contributed by atoms with van der Waals surface area (Å²) >= 11 is 3.19. The van der Waals surface area contributed by atoms with Crippen LogP contribution >= 0.6 is 15.9 Å². The van der Waals surface area contributed by atoms with Crippen LogP contribution in [-0.4, -0.2) is 33.8 Å². The van der Waals surface area contributed by atoms with Crippen LogP contribution in [0.3, 0.4) is 0 Å². The number of hydrogen-bond donors (Lipinski definition) is 2. The quantitative estimate of drug-likeness (QED) is 0.734. The first kappa shape index (κ1) is 15.6. The maximum atomic E-state index is 12.0. The molecule has 5 nitrogen and oxygen atoms in total. The van der Waals surface area contributed by atoms with Gasteiger partial charge in [0, 0.05) is 24.7 Å². The number of aliphatic hydroxyl groups excluding tert-OH is 1. The number of hydrogen-bond acceptors (Lipinski definition) is 4. The summed E-state index contributed by atoms with van der Waals surface area (Å²) in [5.41, 5.74) is 0.551. The van der Waals surface area contributed by atoms with Crippen LogP contribution in [0.5, 0.6) is 0 Å². The van der Waals surface area contributed by atoms with Gasteiger partial charge in [-0.25, -0.2) is 13.1 Å². The summed E-state index contributed by atoms with van der Waals surface area (Å²) in [7, 11) is -2.00. The lowest BCUT2D eigenvalue weighted by Crippen LogP contribution is -2.26. The van der Waals surface area contributed by atoms with Crippen LogP contribution in [0, 0.1) is 0 Å². The van der Waals surface area contributed by atoms with Crippen molar-refractivity contribution in [3.8, 4) is 0 Å². The third kappa shape index (κ3) is 4.33. The van der Waals surface area contributed by atoms with Gasteiger partial charge in [-0.15, -0.1) is 0 Å². The first-order valence-corrected chi connectivity index (χ1v) is 7.67. The molecule has 1 aromatic rings. The highest BCUT2D eigenvalue weighted by Gasteiger charge is 2.17. The van der Waals surface area contributed by atoms with E-state index < -0.39 is 10.0 Å². The molecule has 2 N–H and O–H groups in total. The van der Waals surface area contributed by atoms with Crippen molar-refractivity contribution in [1.82, 2.24) is 4.72 Å². The Balaban J connectivity index is 2.83. The van der Waals surface area contributed by atoms with Crippen LogP contribution in [0.15, 0.2) is 27.6 Å². The lowest BCUT2D eigenvalue weighted by Gasteiger charge is -2.09. The minimum Gasteiger partial charge on any atom is -0.392 e. The van der Waals surface area contributed by atoms with Crippen LogP contribution < -0.4 is 4.72 Å². The second-order valence-corrected chi connectivity index (χ2v) is 6.26. The van der Waals surface area contributed by atoms with Crippen molar-refractivity contribution in [3.05, 3.63) is 28.2 Å². The Labute approximate surface area is 115 Å². The van der Waals surface area contributed by atoms with Crippen molar-refractivity contribution in [3.63, 3.8) is 0 Å². The highest BCUT2D eigenvalue weighted by atomic mass is 79.9. The van der Waals surface area contributed by atoms with Gasteiger partial charge in [-0.05, 0) is 40.0 Å². The summed E-state index contributed by atoms with van der Waals surface area (Å²) in [5, 5.41) is 9.02. The van der Waals surface area contributed by atoms with E-state index in [-0.39, 0.29) is 11.5 Å². The molecule has 0 amide bonds. The number of ether oxygens (including phenoxy) is 1. The van der Waals surface area contributed by atoms with Crippen molar-refractivity contribution < 1.29 is 18.3 Å². The molecule has 18 heavy (non-hydrogen) atoms. The molecule has 0 saturated carbocycles. The summed E-state index contributed by atoms with van der Waals surface area (Å²) in [5.74, 6) is 0. The molecule has 0 heterocycles. The lowest BCUT2D eigenvalue weighted by molar-refractivity contribution is 0.196. The van der Waals surface area contributed by atoms with Gasteiger partial charge in [-0.1, -0.05) is 6.07 Å². The Morgan fingerprint density at radius 2 is 2.17 bits per heavy atom. The second-order valence-electron chi connectivity index (χ2n) is 3.67. The van der Waals surface area contributed by atoms with E-state index in [1.54, 1.807) is 19.2 Å². The van der Waals surface area contributed by atoms with E-state index in [1.807, 2.05) is 0 Å². The third-order valence-electron chi connectivity index (χ3n) is 2.29. The lowest BCUT2D eigenvalue weighted by atomic mass is 10.2. The van der Waals surface area contributed by atoms with E-state index in [0.29, 0.717) is 29.6 Å². The van der Waals surface area contributed by atoms with E-state index in [2.05, 4.69) is 20.7 Å². The predicted molar refractivity (Wildman–Crippen MR) is 71.7 cm³/mol. The molecular weight excluding hydrogens is 322 g/mol. The number of nitrogens with one attached hydrogen (secondary N) is 1. The molecule has 1 rings (SSSR count). The van der Waals surface area contributed by atoms with Crippen molar-refractivity contribution in [1.29, 1.82) is 0 Å². The van der Waals surface area contributed by atoms with Gasteiger partial charge >= 0.3 is 0 Å². The summed E-state index contributed by atoms with van der Waals surface area (Å²) in [4.78, 5) is 0.131. The SMILES string of the molecule is COCCCNS(=O)(=O)c1cc(CO)ccc1Br. The summed E-state index contributed by atoms with van der Waals surface area (Å²) < 4.78 is 31.8. The minimum atomic E-state index is -3.57. The van der Waals surface area contributed by atoms with Crippen LogP contribution in [0.2, 0.25) is 0 Å². The third-order valence-corrected chi connectivity index (χ3v) is 4.74. The second kappa shape index (κ2) is 7.20. The molecule has 0 aromatic heterocycles. The van der Waals surface area contributed by atoms with Crippen LogP contribution in [0.4, 0.5) is 0 Å². The van der Waals surface area contributed by atoms with Gasteiger partial charge in [0.15, 0.2) is 0 Å². The summed E-state index contributed by atoms with van der Waals surface area (Å²) in [6.07, 6.45) is 0.604. The summed E-state index contributed by atoms with van der Waals surface area (Å²) in [6.45, 7) is 0.617. The van der Waals surface area contributed by atoms with Crippen LogP contribution in [0.1, 0.15) is 12.0 Å². The number of methoxy groups -OCH3 is 1. The Kier molecular flexibility index (Phi) is 6.24. The fourth-order valence-electron chi connectivity index (χ4n) is 1.35. The molecular formula is C11H16BrNO4S. The zero-order valence-corrected chi connectivity index (χ0v) is 12.4. The molecule has 0 aliphatic carbocycles. The Morgan fingerprint density at radius 3 is 2.78 bits per heavy atom. The highest BCUT2D eigenvalue weighted by molar-refractivity contribution is 9.10. The number of aliphatic hydroxyl groups is 1. The number of rotatable bonds is 7. The normalized spacial score (nSPS) is 11.7. The van der Waals surface area contributed by atoms with E-state index in [9.17, 15) is 8.42 Å². The molecule has 0 saturated heterocycles. The van der Waals surface area contributed by atoms with Gasteiger partial charge in [-0.2, -0.15) is 0 Å². The molecule has 0 fully saturated rings. The van der Waals surface area contributed by atoms with Gasteiger partial charge in [0.05, 0.1) is 11.5 Å². The first-order chi connectivity index (χ1) is 8.51. The van der Waals surface area contributed by atoms with Gasteiger partial charge in [-0.3, -0.25) is 0 Å². The van der Waals surface area contributed by atoms with E-state index in [4.69, 9.17) is 9.84 Å². The molecule has 1 aromatic carbocycles. The molecule has 0 aliphatic heterocycles. The number of sulfonamides is 1. The number of benzene rings is 1. The Bertz CT molecular complexity index is 490. The molecule has 0 spiro atoms. The molecule has 102 valence electrons. The average Bonchev–Trinajstić information content (AvgIpc) is 2.35. The fraction of sp³-hybridized carbons (Fsp3) is 0.455. The zero-order chi connectivity index (χ0) is 13.6. The van der Waals surface area contributed by atoms with E-state index in [1.165, 1.54) is 6.07 Å². The standard InChI is InChI=1S/C11H16BrNO4S/c1-17-6-2-5-13-18(15,16)11-7-9(8-14)3-4-10(11)12/h3-4,7,13-14H,2,5-6,8H2,1H3. The predicted octanol–water partition coefficient (Wildman–Crippen LogP) is 1.26. The first-order valence-electron chi connectivity index (χ1n) is 5.39. The van der Waals surface area contributed by atoms with E-state index >= 15 is 0 Å². The smallest absolute Gasteiger partial charge is 0.241 e. The monoisotopic (exact) mass is 337 g/mol. The van der Waals surface area contributed by atoms with Gasteiger partial charge in [0.1, 0.15) is 0 Å². The van der Waals surface area contributed by atoms with Crippen molar-refractivity contribution in [2.24, 2.45) is 0 Å². The van der Waals surface area contributed by atoms with Crippen LogP contribution in [0.25, 0.3) is 0 Å². The molecule has 7 heteroatoms. The summed E-state index contributed by atoms with van der Waals surface area (Å²) in [6, 6.07) is 4.71. The van der Waals surface area contributed by atoms with Crippen molar-refractivity contribution >= 4 is 26.0 Å². The minimum absolute atomic E-state index is 0.131. The Morgan fingerprint density at radius 1 is 1.44 bits per heavy atom. The average molecular weight is 338 g/mol. The largest absolute Gasteiger partial charge is 0.392 e. The van der Waals surface area contributed by atoms with Crippen LogP contribution in [-0.2, 0) is 21.4 Å². The van der Waals surface area contributed by atoms with Gasteiger partial charge < -0.3 is 9.84 Å². The van der Waals surface area contributed by atoms with Gasteiger partial charge in [0.2, 0.25) is 10.0 Å². The molecule has 0 atom stereocenters. The maximum absolute atomic E-state index is 12.0. The molecule has 0 radical (unpaired) electrons. The van der Waals surface area contributed by atoms with Crippen molar-refractivity contribution in [2.45, 2.75) is 17.9 Å². The van der Waals surface area contributed by atoms with E-state index in [0.717, 1.165) is 0 Å². The maximum Gasteiger partial charge on any atom is 0.241 e. The Hall–Kier alpha value is -0.470. The number of halogens is 1.